The summed E-state index contributed by atoms with van der Waals surface area (Å²) in [5, 5.41) is 3.95. The maximum absolute atomic E-state index is 12.5. The zero-order valence-electron chi connectivity index (χ0n) is 15.5. The number of amides is 3. The van der Waals surface area contributed by atoms with Gasteiger partial charge in [-0.1, -0.05) is 24.3 Å². The molecule has 2 bridgehead atoms. The SMILES string of the molecule is O=C(NOC[C@@H]1Cc2ccccc2CN1)[C@@H]1CC[C@@H]2CN1C(=O)N2OS(=O)(=O)O. The summed E-state index contributed by atoms with van der Waals surface area (Å²) in [6, 6.07) is 6.05. The molecule has 29 heavy (non-hydrogen) atoms. The van der Waals surface area contributed by atoms with Gasteiger partial charge in [-0.3, -0.25) is 14.2 Å². The lowest BCUT2D eigenvalue weighted by atomic mass is 9.96. The molecule has 3 aliphatic rings. The summed E-state index contributed by atoms with van der Waals surface area (Å²) in [7, 11) is -4.82. The first kappa shape index (κ1) is 20.0. The van der Waals surface area contributed by atoms with Gasteiger partial charge in [-0.15, -0.1) is 4.28 Å². The van der Waals surface area contributed by atoms with E-state index in [1.807, 2.05) is 12.1 Å². The van der Waals surface area contributed by atoms with Crippen molar-refractivity contribution in [2.24, 2.45) is 0 Å². The lowest BCUT2D eigenvalue weighted by Gasteiger charge is -2.29. The fourth-order valence-electron chi connectivity index (χ4n) is 4.02. The first-order valence-corrected chi connectivity index (χ1v) is 10.7. The van der Waals surface area contributed by atoms with Gasteiger partial charge in [0.2, 0.25) is 0 Å². The minimum absolute atomic E-state index is 0.0491. The van der Waals surface area contributed by atoms with E-state index >= 15 is 0 Å². The van der Waals surface area contributed by atoms with E-state index in [9.17, 15) is 18.0 Å². The van der Waals surface area contributed by atoms with Crippen molar-refractivity contribution in [3.05, 3.63) is 35.4 Å². The van der Waals surface area contributed by atoms with Crippen LogP contribution in [-0.4, -0.2) is 66.1 Å². The molecule has 3 amide bonds. The van der Waals surface area contributed by atoms with Crippen molar-refractivity contribution in [3.8, 4) is 0 Å². The van der Waals surface area contributed by atoms with Crippen molar-refractivity contribution in [1.82, 2.24) is 20.8 Å². The van der Waals surface area contributed by atoms with Crippen LogP contribution in [0.2, 0.25) is 0 Å². The van der Waals surface area contributed by atoms with Crippen molar-refractivity contribution in [2.45, 2.75) is 43.9 Å². The topological polar surface area (TPSA) is 138 Å². The number of hydrogen-bond donors (Lipinski definition) is 3. The van der Waals surface area contributed by atoms with Crippen LogP contribution >= 0.6 is 0 Å². The highest BCUT2D eigenvalue weighted by atomic mass is 32.3. The van der Waals surface area contributed by atoms with E-state index in [4.69, 9.17) is 9.39 Å². The molecule has 2 fully saturated rings. The molecule has 1 aromatic carbocycles. The largest absolute Gasteiger partial charge is 0.418 e. The third-order valence-electron chi connectivity index (χ3n) is 5.42. The molecule has 2 saturated heterocycles. The maximum atomic E-state index is 12.5. The molecule has 0 saturated carbocycles. The highest BCUT2D eigenvalue weighted by molar-refractivity contribution is 7.80. The van der Waals surface area contributed by atoms with Crippen LogP contribution in [0.5, 0.6) is 0 Å². The average molecular weight is 426 g/mol. The second-order valence-electron chi connectivity index (χ2n) is 7.34. The van der Waals surface area contributed by atoms with Crippen LogP contribution in [0, 0.1) is 0 Å². The summed E-state index contributed by atoms with van der Waals surface area (Å²) in [5.74, 6) is -0.485. The molecule has 1 aromatic rings. The van der Waals surface area contributed by atoms with E-state index in [-0.39, 0.29) is 19.2 Å². The molecule has 3 aliphatic heterocycles. The van der Waals surface area contributed by atoms with Gasteiger partial charge in [0.15, 0.2) is 0 Å². The van der Waals surface area contributed by atoms with E-state index in [1.54, 1.807) is 0 Å². The second-order valence-corrected chi connectivity index (χ2v) is 8.34. The lowest BCUT2D eigenvalue weighted by Crippen LogP contribution is -2.50. The van der Waals surface area contributed by atoms with Gasteiger partial charge in [0.25, 0.3) is 5.91 Å². The summed E-state index contributed by atoms with van der Waals surface area (Å²) in [6.07, 6.45) is 1.46. The molecule has 0 spiro atoms. The van der Waals surface area contributed by atoms with Crippen molar-refractivity contribution < 1.29 is 31.7 Å². The highest BCUT2D eigenvalue weighted by Gasteiger charge is 2.49. The zero-order valence-corrected chi connectivity index (χ0v) is 16.3. The molecule has 0 radical (unpaired) electrons. The average Bonchev–Trinajstić information content (AvgIpc) is 2.91. The number of carbonyl (C=O) groups is 2. The fourth-order valence-corrected chi connectivity index (χ4v) is 4.41. The Morgan fingerprint density at radius 2 is 2.03 bits per heavy atom. The summed E-state index contributed by atoms with van der Waals surface area (Å²) in [5.41, 5.74) is 4.88. The van der Waals surface area contributed by atoms with Gasteiger partial charge >= 0.3 is 16.4 Å². The molecule has 3 heterocycles. The monoisotopic (exact) mass is 426 g/mol. The van der Waals surface area contributed by atoms with Crippen LogP contribution < -0.4 is 10.8 Å². The van der Waals surface area contributed by atoms with Gasteiger partial charge in [0.1, 0.15) is 6.04 Å². The Labute approximate surface area is 167 Å². The Balaban J connectivity index is 1.28. The van der Waals surface area contributed by atoms with Crippen LogP contribution in [0.1, 0.15) is 24.0 Å². The van der Waals surface area contributed by atoms with Crippen molar-refractivity contribution in [2.75, 3.05) is 13.2 Å². The molecule has 4 rings (SSSR count). The Hall–Kier alpha value is -2.25. The Bertz CT molecular complexity index is 909. The number of benzene rings is 1. The van der Waals surface area contributed by atoms with Crippen LogP contribution in [0.3, 0.4) is 0 Å². The van der Waals surface area contributed by atoms with E-state index in [0.29, 0.717) is 17.9 Å². The maximum Gasteiger partial charge on any atom is 0.418 e. The molecule has 3 atom stereocenters. The molecule has 3 N–H and O–H groups in total. The van der Waals surface area contributed by atoms with Gasteiger partial charge in [-0.25, -0.2) is 10.3 Å². The van der Waals surface area contributed by atoms with E-state index in [1.165, 1.54) is 16.0 Å². The lowest BCUT2D eigenvalue weighted by molar-refractivity contribution is -0.139. The number of piperidine rings is 1. The van der Waals surface area contributed by atoms with Gasteiger partial charge in [0, 0.05) is 19.1 Å². The predicted octanol–water partition coefficient (Wildman–Crippen LogP) is -0.248. The third kappa shape index (κ3) is 4.36. The molecule has 0 unspecified atom stereocenters. The third-order valence-corrected chi connectivity index (χ3v) is 5.77. The number of hydrogen-bond acceptors (Lipinski definition) is 7. The minimum atomic E-state index is -4.82. The predicted molar refractivity (Wildman–Crippen MR) is 98.3 cm³/mol. The van der Waals surface area contributed by atoms with Crippen molar-refractivity contribution >= 4 is 22.3 Å². The van der Waals surface area contributed by atoms with E-state index in [2.05, 4.69) is 27.2 Å². The number of urea groups is 1. The van der Waals surface area contributed by atoms with Crippen molar-refractivity contribution in [1.29, 1.82) is 0 Å². The Morgan fingerprint density at radius 1 is 1.28 bits per heavy atom. The molecule has 0 aromatic heterocycles. The Kier molecular flexibility index (Phi) is 5.44. The number of rotatable bonds is 6. The standard InChI is InChI=1S/C17H22N4O7S/c22-16(19-27-10-13-7-11-3-1-2-4-12(11)8-18-13)15-6-5-14-9-20(15)17(23)21(14)28-29(24,25)26/h1-4,13-15,18H,5-10H2,(H,19,22)(H,24,25,26)/t13-,14+,15-/m0/s1. The zero-order chi connectivity index (χ0) is 20.6. The number of hydroxylamine groups is 3. The number of nitrogens with one attached hydrogen (secondary N) is 2. The second kappa shape index (κ2) is 7.88. The normalized spacial score (nSPS) is 26.4. The number of fused-ring (bicyclic) bond motifs is 3. The van der Waals surface area contributed by atoms with Gasteiger partial charge in [-0.05, 0) is 30.4 Å². The molecular formula is C17H22N4O7S. The van der Waals surface area contributed by atoms with Crippen LogP contribution in [0.15, 0.2) is 24.3 Å². The molecule has 11 nitrogen and oxygen atoms in total. The van der Waals surface area contributed by atoms with Gasteiger partial charge < -0.3 is 10.2 Å². The molecule has 158 valence electrons. The Morgan fingerprint density at radius 3 is 2.79 bits per heavy atom. The fraction of sp³-hybridized carbons (Fsp3) is 0.529. The quantitative estimate of drug-likeness (QED) is 0.418. The molecule has 12 heteroatoms. The highest BCUT2D eigenvalue weighted by Crippen LogP contribution is 2.30. The van der Waals surface area contributed by atoms with E-state index < -0.39 is 34.4 Å². The van der Waals surface area contributed by atoms with E-state index in [0.717, 1.165) is 13.0 Å². The summed E-state index contributed by atoms with van der Waals surface area (Å²) >= 11 is 0. The van der Waals surface area contributed by atoms with Crippen molar-refractivity contribution in [3.63, 3.8) is 0 Å². The van der Waals surface area contributed by atoms with Crippen LogP contribution in [-0.2, 0) is 37.3 Å². The first-order valence-electron chi connectivity index (χ1n) is 9.30. The number of nitrogens with zero attached hydrogens (tertiary/aromatic N) is 2. The minimum Gasteiger partial charge on any atom is -0.309 e. The molecular weight excluding hydrogens is 404 g/mol. The van der Waals surface area contributed by atoms with Gasteiger partial charge in [0.05, 0.1) is 12.6 Å². The summed E-state index contributed by atoms with van der Waals surface area (Å²) < 4.78 is 35.0. The smallest absolute Gasteiger partial charge is 0.309 e. The van der Waals surface area contributed by atoms with Crippen LogP contribution in [0.4, 0.5) is 4.79 Å². The first-order chi connectivity index (χ1) is 13.8. The number of carbonyl (C=O) groups excluding carboxylic acids is 2. The summed E-state index contributed by atoms with van der Waals surface area (Å²) in [6.45, 7) is 1.13. The van der Waals surface area contributed by atoms with Crippen LogP contribution in [0.25, 0.3) is 0 Å². The summed E-state index contributed by atoms with van der Waals surface area (Å²) in [4.78, 5) is 31.4. The van der Waals surface area contributed by atoms with Gasteiger partial charge in [-0.2, -0.15) is 13.5 Å². The molecule has 0 aliphatic carbocycles.